The SMILES string of the molecule is CN(C)CCCN(C(=O)c1ccccc1Br)c1nc2cc3c(cc2s1)OCCO3. The Labute approximate surface area is 182 Å². The number of hydrogen-bond acceptors (Lipinski definition) is 6. The maximum atomic E-state index is 13.4. The summed E-state index contributed by atoms with van der Waals surface area (Å²) in [4.78, 5) is 22.0. The second-order valence-electron chi connectivity index (χ2n) is 7.05. The number of ether oxygens (including phenoxy) is 2. The van der Waals surface area contributed by atoms with Crippen LogP contribution in [0.4, 0.5) is 5.13 Å². The molecule has 1 aliphatic rings. The lowest BCUT2D eigenvalue weighted by Gasteiger charge is -2.21. The minimum atomic E-state index is -0.0625. The third-order valence-electron chi connectivity index (χ3n) is 4.61. The van der Waals surface area contributed by atoms with Gasteiger partial charge in [-0.1, -0.05) is 23.5 Å². The van der Waals surface area contributed by atoms with Gasteiger partial charge in [-0.15, -0.1) is 0 Å². The van der Waals surface area contributed by atoms with Gasteiger partial charge in [0.15, 0.2) is 16.6 Å². The van der Waals surface area contributed by atoms with E-state index in [9.17, 15) is 4.79 Å². The summed E-state index contributed by atoms with van der Waals surface area (Å²) < 4.78 is 13.1. The first kappa shape index (κ1) is 20.1. The fourth-order valence-electron chi connectivity index (χ4n) is 3.18. The third kappa shape index (κ3) is 4.39. The Bertz CT molecular complexity index is 994. The van der Waals surface area contributed by atoms with E-state index < -0.39 is 0 Å². The zero-order valence-electron chi connectivity index (χ0n) is 16.4. The van der Waals surface area contributed by atoms with Crippen LogP contribution in [-0.4, -0.2) is 56.2 Å². The highest BCUT2D eigenvalue weighted by Crippen LogP contribution is 2.39. The van der Waals surface area contributed by atoms with Crippen molar-refractivity contribution in [1.82, 2.24) is 9.88 Å². The minimum absolute atomic E-state index is 0.0625. The number of aromatic nitrogens is 1. The van der Waals surface area contributed by atoms with Crippen molar-refractivity contribution >= 4 is 48.5 Å². The van der Waals surface area contributed by atoms with Crippen molar-refractivity contribution in [3.05, 3.63) is 46.4 Å². The van der Waals surface area contributed by atoms with E-state index in [0.717, 1.165) is 33.4 Å². The maximum absolute atomic E-state index is 13.4. The second-order valence-corrected chi connectivity index (χ2v) is 8.92. The summed E-state index contributed by atoms with van der Waals surface area (Å²) in [6.07, 6.45) is 0.849. The Kier molecular flexibility index (Phi) is 6.03. The summed E-state index contributed by atoms with van der Waals surface area (Å²) in [6, 6.07) is 11.3. The molecule has 4 rings (SSSR count). The van der Waals surface area contributed by atoms with Crippen molar-refractivity contribution in [1.29, 1.82) is 0 Å². The number of carbonyl (C=O) groups is 1. The highest BCUT2D eigenvalue weighted by atomic mass is 79.9. The molecule has 0 unspecified atom stereocenters. The average Bonchev–Trinajstić information content (AvgIpc) is 3.11. The molecular formula is C21H22BrN3O3S. The molecule has 1 aromatic heterocycles. The van der Waals surface area contributed by atoms with Gasteiger partial charge in [-0.05, 0) is 55.1 Å². The van der Waals surface area contributed by atoms with E-state index in [-0.39, 0.29) is 5.91 Å². The van der Waals surface area contributed by atoms with Gasteiger partial charge in [0, 0.05) is 23.2 Å². The number of anilines is 1. The third-order valence-corrected chi connectivity index (χ3v) is 6.34. The fraction of sp³-hybridized carbons (Fsp3) is 0.333. The Morgan fingerprint density at radius 3 is 2.59 bits per heavy atom. The quantitative estimate of drug-likeness (QED) is 0.527. The van der Waals surface area contributed by atoms with Gasteiger partial charge >= 0.3 is 0 Å². The highest BCUT2D eigenvalue weighted by Gasteiger charge is 2.24. The summed E-state index contributed by atoms with van der Waals surface area (Å²) >= 11 is 5.00. The maximum Gasteiger partial charge on any atom is 0.261 e. The number of hydrogen-bond donors (Lipinski definition) is 0. The van der Waals surface area contributed by atoms with Crippen LogP contribution >= 0.6 is 27.3 Å². The lowest BCUT2D eigenvalue weighted by Crippen LogP contribution is -2.33. The van der Waals surface area contributed by atoms with Crippen molar-refractivity contribution < 1.29 is 14.3 Å². The Balaban J connectivity index is 1.70. The standard InChI is InChI=1S/C21H22BrN3O3S/c1-24(2)8-5-9-25(20(26)14-6-3-4-7-15(14)22)21-23-16-12-17-18(13-19(16)29-21)28-11-10-27-17/h3-4,6-7,12-13H,5,8-11H2,1-2H3. The smallest absolute Gasteiger partial charge is 0.261 e. The minimum Gasteiger partial charge on any atom is -0.486 e. The fourth-order valence-corrected chi connectivity index (χ4v) is 4.63. The van der Waals surface area contributed by atoms with E-state index in [2.05, 4.69) is 20.8 Å². The summed E-state index contributed by atoms with van der Waals surface area (Å²) in [6.45, 7) is 2.56. The lowest BCUT2D eigenvalue weighted by molar-refractivity contribution is 0.0985. The van der Waals surface area contributed by atoms with Crippen molar-refractivity contribution in [2.45, 2.75) is 6.42 Å². The monoisotopic (exact) mass is 475 g/mol. The van der Waals surface area contributed by atoms with Gasteiger partial charge in [-0.2, -0.15) is 0 Å². The summed E-state index contributed by atoms with van der Waals surface area (Å²) in [5.41, 5.74) is 1.44. The van der Waals surface area contributed by atoms with E-state index in [4.69, 9.17) is 14.5 Å². The van der Waals surface area contributed by atoms with Gasteiger partial charge < -0.3 is 14.4 Å². The Morgan fingerprint density at radius 1 is 1.14 bits per heavy atom. The molecule has 152 valence electrons. The van der Waals surface area contributed by atoms with Gasteiger partial charge in [0.25, 0.3) is 5.91 Å². The van der Waals surface area contributed by atoms with Crippen LogP contribution < -0.4 is 14.4 Å². The highest BCUT2D eigenvalue weighted by molar-refractivity contribution is 9.10. The van der Waals surface area contributed by atoms with Crippen molar-refractivity contribution in [3.63, 3.8) is 0 Å². The second kappa shape index (κ2) is 8.69. The predicted octanol–water partition coefficient (Wildman–Crippen LogP) is 4.43. The molecule has 2 aromatic carbocycles. The molecule has 0 aliphatic carbocycles. The van der Waals surface area contributed by atoms with Crippen LogP contribution in [0.5, 0.6) is 11.5 Å². The molecule has 0 bridgehead atoms. The zero-order chi connectivity index (χ0) is 20.4. The molecule has 0 N–H and O–H groups in total. The zero-order valence-corrected chi connectivity index (χ0v) is 18.8. The normalized spacial score (nSPS) is 13.1. The van der Waals surface area contributed by atoms with Crippen LogP contribution in [0, 0.1) is 0 Å². The number of amides is 1. The van der Waals surface area contributed by atoms with Crippen LogP contribution in [0.15, 0.2) is 40.9 Å². The van der Waals surface area contributed by atoms with E-state index in [1.165, 1.54) is 11.3 Å². The van der Waals surface area contributed by atoms with Crippen molar-refractivity contribution in [2.24, 2.45) is 0 Å². The van der Waals surface area contributed by atoms with Gasteiger partial charge in [-0.3, -0.25) is 9.69 Å². The number of thiazole rings is 1. The van der Waals surface area contributed by atoms with Crippen LogP contribution in [-0.2, 0) is 0 Å². The van der Waals surface area contributed by atoms with E-state index >= 15 is 0 Å². The molecule has 6 nitrogen and oxygen atoms in total. The first-order valence-electron chi connectivity index (χ1n) is 9.44. The Morgan fingerprint density at radius 2 is 1.86 bits per heavy atom. The van der Waals surface area contributed by atoms with E-state index in [1.54, 1.807) is 4.90 Å². The predicted molar refractivity (Wildman–Crippen MR) is 120 cm³/mol. The number of carbonyl (C=O) groups excluding carboxylic acids is 1. The van der Waals surface area contributed by atoms with Crippen LogP contribution in [0.25, 0.3) is 10.2 Å². The van der Waals surface area contributed by atoms with Gasteiger partial charge in [-0.25, -0.2) is 4.98 Å². The van der Waals surface area contributed by atoms with Gasteiger partial charge in [0.1, 0.15) is 13.2 Å². The van der Waals surface area contributed by atoms with E-state index in [1.807, 2.05) is 50.5 Å². The summed E-state index contributed by atoms with van der Waals surface area (Å²) in [5, 5.41) is 0.682. The van der Waals surface area contributed by atoms with Gasteiger partial charge in [0.2, 0.25) is 0 Å². The molecule has 3 aromatic rings. The average molecular weight is 476 g/mol. The number of rotatable bonds is 6. The molecule has 29 heavy (non-hydrogen) atoms. The van der Waals surface area contributed by atoms with Gasteiger partial charge in [0.05, 0.1) is 15.8 Å². The molecule has 0 atom stereocenters. The molecule has 8 heteroatoms. The molecule has 0 radical (unpaired) electrons. The molecular weight excluding hydrogens is 454 g/mol. The lowest BCUT2D eigenvalue weighted by atomic mass is 10.2. The largest absolute Gasteiger partial charge is 0.486 e. The van der Waals surface area contributed by atoms with Crippen molar-refractivity contribution in [3.8, 4) is 11.5 Å². The number of fused-ring (bicyclic) bond motifs is 2. The van der Waals surface area contributed by atoms with Crippen LogP contribution in [0.2, 0.25) is 0 Å². The number of halogens is 1. The topological polar surface area (TPSA) is 54.9 Å². The molecule has 0 saturated heterocycles. The molecule has 2 heterocycles. The van der Waals surface area contributed by atoms with Crippen LogP contribution in [0.1, 0.15) is 16.8 Å². The summed E-state index contributed by atoms with van der Waals surface area (Å²) in [7, 11) is 4.06. The molecule has 0 saturated carbocycles. The van der Waals surface area contributed by atoms with Crippen molar-refractivity contribution in [2.75, 3.05) is 45.3 Å². The molecule has 1 aliphatic heterocycles. The summed E-state index contributed by atoms with van der Waals surface area (Å²) in [5.74, 6) is 1.37. The van der Waals surface area contributed by atoms with Crippen LogP contribution in [0.3, 0.4) is 0 Å². The molecule has 0 fully saturated rings. The first-order valence-corrected chi connectivity index (χ1v) is 11.0. The van der Waals surface area contributed by atoms with E-state index in [0.29, 0.717) is 36.2 Å². The first-order chi connectivity index (χ1) is 14.0. The number of benzene rings is 2. The molecule has 1 amide bonds. The number of nitrogens with zero attached hydrogens (tertiary/aromatic N) is 3. The Hall–Kier alpha value is -2.16. The molecule has 0 spiro atoms.